The summed E-state index contributed by atoms with van der Waals surface area (Å²) >= 11 is 12.1. The largest absolute Gasteiger partial charge is 0.504 e. The van der Waals surface area contributed by atoms with E-state index in [0.717, 1.165) is 30.8 Å². The normalized spacial score (nSPS) is 18.5. The molecule has 1 heterocycles. The van der Waals surface area contributed by atoms with Crippen LogP contribution in [0.25, 0.3) is 0 Å². The number of rotatable bonds is 4. The van der Waals surface area contributed by atoms with Gasteiger partial charge in [0.05, 0.1) is 29.9 Å². The summed E-state index contributed by atoms with van der Waals surface area (Å²) in [6.07, 6.45) is -0.0413. The van der Waals surface area contributed by atoms with Gasteiger partial charge in [-0.2, -0.15) is 0 Å². The summed E-state index contributed by atoms with van der Waals surface area (Å²) in [5.41, 5.74) is 2.05. The van der Waals surface area contributed by atoms with Crippen molar-refractivity contribution in [1.82, 2.24) is 4.90 Å². The fraction of sp³-hybridized carbons (Fsp3) is 0.333. The molecule has 1 aliphatic rings. The van der Waals surface area contributed by atoms with E-state index in [2.05, 4.69) is 4.90 Å². The smallest absolute Gasteiger partial charge is 0.160 e. The van der Waals surface area contributed by atoms with E-state index in [1.54, 1.807) is 25.3 Å². The van der Waals surface area contributed by atoms with Crippen molar-refractivity contribution < 1.29 is 14.6 Å². The van der Waals surface area contributed by atoms with Gasteiger partial charge in [0.25, 0.3) is 0 Å². The first-order chi connectivity index (χ1) is 11.6. The minimum absolute atomic E-state index is 0.0413. The third-order valence-electron chi connectivity index (χ3n) is 4.12. The number of hydrogen-bond donors (Lipinski definition) is 1. The van der Waals surface area contributed by atoms with Crippen LogP contribution in [-0.4, -0.2) is 36.8 Å². The average molecular weight is 368 g/mol. The van der Waals surface area contributed by atoms with E-state index in [0.29, 0.717) is 22.4 Å². The lowest BCUT2D eigenvalue weighted by Gasteiger charge is -2.33. The van der Waals surface area contributed by atoms with Gasteiger partial charge in [0, 0.05) is 19.6 Å². The lowest BCUT2D eigenvalue weighted by molar-refractivity contribution is -0.0329. The SMILES string of the molecule is COc1ccc(CN2CCO[C@@H](c3ccc(Cl)c(Cl)c3)C2)cc1O. The number of aromatic hydroxyl groups is 1. The molecule has 1 aliphatic heterocycles. The third kappa shape index (κ3) is 3.95. The lowest BCUT2D eigenvalue weighted by Crippen LogP contribution is -2.37. The monoisotopic (exact) mass is 367 g/mol. The Kier molecular flexibility index (Phi) is 5.51. The number of ether oxygens (including phenoxy) is 2. The van der Waals surface area contributed by atoms with Crippen molar-refractivity contribution in [2.75, 3.05) is 26.8 Å². The number of methoxy groups -OCH3 is 1. The van der Waals surface area contributed by atoms with Gasteiger partial charge in [-0.25, -0.2) is 0 Å². The molecule has 1 N–H and O–H groups in total. The second-order valence-electron chi connectivity index (χ2n) is 5.77. The van der Waals surface area contributed by atoms with Crippen molar-refractivity contribution >= 4 is 23.2 Å². The number of nitrogens with zero attached hydrogens (tertiary/aromatic N) is 1. The van der Waals surface area contributed by atoms with Gasteiger partial charge in [0.1, 0.15) is 0 Å². The number of morpholine rings is 1. The molecule has 1 fully saturated rings. The standard InChI is InChI=1S/C18H19Cl2NO3/c1-23-17-5-2-12(8-16(17)22)10-21-6-7-24-18(11-21)13-3-4-14(19)15(20)9-13/h2-5,8-9,18,22H,6-7,10-11H2,1H3/t18-/m1/s1. The highest BCUT2D eigenvalue weighted by Crippen LogP contribution is 2.30. The maximum Gasteiger partial charge on any atom is 0.160 e. The minimum Gasteiger partial charge on any atom is -0.504 e. The van der Waals surface area contributed by atoms with Crippen molar-refractivity contribution in [3.05, 3.63) is 57.6 Å². The van der Waals surface area contributed by atoms with Gasteiger partial charge in [-0.05, 0) is 35.4 Å². The van der Waals surface area contributed by atoms with Crippen LogP contribution in [0.3, 0.4) is 0 Å². The van der Waals surface area contributed by atoms with Crippen LogP contribution in [0.15, 0.2) is 36.4 Å². The minimum atomic E-state index is -0.0413. The Morgan fingerprint density at radius 3 is 2.75 bits per heavy atom. The van der Waals surface area contributed by atoms with E-state index in [4.69, 9.17) is 32.7 Å². The van der Waals surface area contributed by atoms with Crippen LogP contribution in [0.2, 0.25) is 10.0 Å². The van der Waals surface area contributed by atoms with Crippen LogP contribution in [0.1, 0.15) is 17.2 Å². The lowest BCUT2D eigenvalue weighted by atomic mass is 10.1. The van der Waals surface area contributed by atoms with Crippen LogP contribution < -0.4 is 4.74 Å². The highest BCUT2D eigenvalue weighted by molar-refractivity contribution is 6.42. The number of benzene rings is 2. The molecule has 3 rings (SSSR count). The Bertz CT molecular complexity index is 723. The molecule has 0 saturated carbocycles. The zero-order chi connectivity index (χ0) is 17.1. The van der Waals surface area contributed by atoms with Gasteiger partial charge in [0.15, 0.2) is 11.5 Å². The van der Waals surface area contributed by atoms with Crippen molar-refractivity contribution in [2.45, 2.75) is 12.6 Å². The molecule has 2 aromatic rings. The molecule has 0 bridgehead atoms. The van der Waals surface area contributed by atoms with E-state index in [1.165, 1.54) is 0 Å². The van der Waals surface area contributed by atoms with Gasteiger partial charge in [-0.1, -0.05) is 35.3 Å². The van der Waals surface area contributed by atoms with Gasteiger partial charge in [0.2, 0.25) is 0 Å². The fourth-order valence-electron chi connectivity index (χ4n) is 2.85. The topological polar surface area (TPSA) is 41.9 Å². The average Bonchev–Trinajstić information content (AvgIpc) is 2.58. The molecule has 0 aliphatic carbocycles. The Labute approximate surface area is 151 Å². The predicted octanol–water partition coefficient (Wildman–Crippen LogP) is 4.28. The first-order valence-corrected chi connectivity index (χ1v) is 8.47. The van der Waals surface area contributed by atoms with Crippen LogP contribution in [0.4, 0.5) is 0 Å². The summed E-state index contributed by atoms with van der Waals surface area (Å²) in [4.78, 5) is 2.29. The fourth-order valence-corrected chi connectivity index (χ4v) is 3.16. The van der Waals surface area contributed by atoms with Crippen molar-refractivity contribution in [3.63, 3.8) is 0 Å². The summed E-state index contributed by atoms with van der Waals surface area (Å²) in [5, 5.41) is 11.0. The molecule has 1 saturated heterocycles. The zero-order valence-corrected chi connectivity index (χ0v) is 14.8. The van der Waals surface area contributed by atoms with Crippen LogP contribution in [0.5, 0.6) is 11.5 Å². The molecule has 0 spiro atoms. The van der Waals surface area contributed by atoms with E-state index < -0.39 is 0 Å². The highest BCUT2D eigenvalue weighted by Gasteiger charge is 2.22. The summed E-state index contributed by atoms with van der Waals surface area (Å²) in [5.74, 6) is 0.638. The number of phenols is 1. The van der Waals surface area contributed by atoms with Crippen molar-refractivity contribution in [1.29, 1.82) is 0 Å². The number of halogens is 2. The molecule has 1 atom stereocenters. The quantitative estimate of drug-likeness (QED) is 0.875. The summed E-state index contributed by atoms with van der Waals surface area (Å²) in [6.45, 7) is 2.97. The second kappa shape index (κ2) is 7.62. The van der Waals surface area contributed by atoms with E-state index in [1.807, 2.05) is 18.2 Å². The molecule has 2 aromatic carbocycles. The van der Waals surface area contributed by atoms with Crippen LogP contribution >= 0.6 is 23.2 Å². The molecule has 0 amide bonds. The summed E-state index contributed by atoms with van der Waals surface area (Å²) in [7, 11) is 1.54. The first-order valence-electron chi connectivity index (χ1n) is 7.71. The Morgan fingerprint density at radius 2 is 2.04 bits per heavy atom. The van der Waals surface area contributed by atoms with E-state index >= 15 is 0 Å². The molecule has 6 heteroatoms. The maximum atomic E-state index is 9.91. The first kappa shape index (κ1) is 17.4. The third-order valence-corrected chi connectivity index (χ3v) is 4.85. The number of phenolic OH excluding ortho intramolecular Hbond substituents is 1. The van der Waals surface area contributed by atoms with Gasteiger partial charge in [-0.3, -0.25) is 4.90 Å². The maximum absolute atomic E-state index is 9.91. The molecule has 0 aromatic heterocycles. The zero-order valence-electron chi connectivity index (χ0n) is 13.3. The van der Waals surface area contributed by atoms with Gasteiger partial charge >= 0.3 is 0 Å². The summed E-state index contributed by atoms with van der Waals surface area (Å²) in [6, 6.07) is 11.1. The van der Waals surface area contributed by atoms with Crippen LogP contribution in [-0.2, 0) is 11.3 Å². The second-order valence-corrected chi connectivity index (χ2v) is 6.59. The molecule has 0 radical (unpaired) electrons. The van der Waals surface area contributed by atoms with E-state index in [9.17, 15) is 5.11 Å². The van der Waals surface area contributed by atoms with Crippen molar-refractivity contribution in [3.8, 4) is 11.5 Å². The number of hydrogen-bond acceptors (Lipinski definition) is 4. The molecular weight excluding hydrogens is 349 g/mol. The molecule has 128 valence electrons. The Balaban J connectivity index is 1.69. The molecular formula is C18H19Cl2NO3. The molecule has 4 nitrogen and oxygen atoms in total. The summed E-state index contributed by atoms with van der Waals surface area (Å²) < 4.78 is 11.0. The Morgan fingerprint density at radius 1 is 1.21 bits per heavy atom. The van der Waals surface area contributed by atoms with E-state index in [-0.39, 0.29) is 11.9 Å². The molecule has 0 unspecified atom stereocenters. The molecule has 24 heavy (non-hydrogen) atoms. The van der Waals surface area contributed by atoms with Gasteiger partial charge < -0.3 is 14.6 Å². The highest BCUT2D eigenvalue weighted by atomic mass is 35.5. The van der Waals surface area contributed by atoms with Gasteiger partial charge in [-0.15, -0.1) is 0 Å². The van der Waals surface area contributed by atoms with Crippen molar-refractivity contribution in [2.24, 2.45) is 0 Å². The van der Waals surface area contributed by atoms with Crippen LogP contribution in [0, 0.1) is 0 Å². The predicted molar refractivity (Wildman–Crippen MR) is 95.1 cm³/mol. The Hall–Kier alpha value is -1.46.